The second-order valence-corrected chi connectivity index (χ2v) is 9.82. The number of rotatable bonds is 9. The average Bonchev–Trinajstić information content (AvgIpc) is 3.21. The van der Waals surface area contributed by atoms with Crippen LogP contribution in [-0.2, 0) is 11.3 Å². The Morgan fingerprint density at radius 1 is 1.15 bits per heavy atom. The largest absolute Gasteiger partial charge is 0.342 e. The number of hydrogen-bond donors (Lipinski definition) is 2. The molecule has 10 heteroatoms. The first-order chi connectivity index (χ1) is 15.8. The summed E-state index contributed by atoms with van der Waals surface area (Å²) >= 11 is 10.7. The van der Waals surface area contributed by atoms with E-state index in [0.29, 0.717) is 33.8 Å². The van der Waals surface area contributed by atoms with Crippen molar-refractivity contribution in [1.82, 2.24) is 20.1 Å². The van der Waals surface area contributed by atoms with E-state index in [-0.39, 0.29) is 29.5 Å². The molecule has 0 unspecified atom stereocenters. The number of carbonyl (C=O) groups is 2. The summed E-state index contributed by atoms with van der Waals surface area (Å²) in [4.78, 5) is 25.2. The Labute approximate surface area is 210 Å². The molecule has 0 bridgehead atoms. The van der Waals surface area contributed by atoms with Gasteiger partial charge in [-0.2, -0.15) is 0 Å². The summed E-state index contributed by atoms with van der Waals surface area (Å²) in [6.07, 6.45) is 0. The van der Waals surface area contributed by atoms with E-state index < -0.39 is 0 Å². The van der Waals surface area contributed by atoms with Gasteiger partial charge in [-0.05, 0) is 59.1 Å². The molecule has 7 nitrogen and oxygen atoms in total. The molecule has 3 rings (SSSR count). The Kier molecular flexibility index (Phi) is 8.94. The number of amides is 2. The van der Waals surface area contributed by atoms with Crippen molar-refractivity contribution < 1.29 is 9.59 Å². The number of carbonyl (C=O) groups excluding carboxylic acids is 2. The Hall–Kier alpha value is -2.36. The van der Waals surface area contributed by atoms with Crippen LogP contribution in [-0.4, -0.2) is 32.3 Å². The van der Waals surface area contributed by atoms with Crippen molar-refractivity contribution in [3.63, 3.8) is 0 Å². The minimum absolute atomic E-state index is 0.0930. The average molecular weight is 551 g/mol. The number of nitrogens with one attached hydrogen (secondary N) is 2. The molecule has 0 aliphatic rings. The topological polar surface area (TPSA) is 88.9 Å². The van der Waals surface area contributed by atoms with Gasteiger partial charge >= 0.3 is 0 Å². The fourth-order valence-corrected chi connectivity index (χ4v) is 4.42. The van der Waals surface area contributed by atoms with Gasteiger partial charge in [0.05, 0.1) is 16.8 Å². The first-order valence-corrected chi connectivity index (χ1v) is 12.6. The lowest BCUT2D eigenvalue weighted by atomic mass is 10.0. The zero-order valence-corrected chi connectivity index (χ0v) is 21.7. The van der Waals surface area contributed by atoms with Crippen LogP contribution in [0, 0.1) is 5.92 Å². The standard InChI is InChI=1S/C23H25BrClN5O2S/c1-4-30-21(20(14(2)3)27-22(32)15-8-6-5-7-9-15)28-29-23(30)33-13-19(31)26-16-10-11-17(24)18(25)12-16/h5-12,14,20H,4,13H2,1-3H3,(H,26,31)(H,27,32)/t20-/m0/s1. The second-order valence-electron chi connectivity index (χ2n) is 7.61. The summed E-state index contributed by atoms with van der Waals surface area (Å²) in [6, 6.07) is 14.0. The molecule has 1 atom stereocenters. The molecular formula is C23H25BrClN5O2S. The molecule has 2 aromatic carbocycles. The maximum absolute atomic E-state index is 12.7. The maximum Gasteiger partial charge on any atom is 0.251 e. The number of nitrogens with zero attached hydrogens (tertiary/aromatic N) is 3. The van der Waals surface area contributed by atoms with E-state index >= 15 is 0 Å². The molecule has 0 radical (unpaired) electrons. The van der Waals surface area contributed by atoms with Crippen LogP contribution in [0.4, 0.5) is 5.69 Å². The number of aromatic nitrogens is 3. The van der Waals surface area contributed by atoms with Crippen LogP contribution in [0.15, 0.2) is 58.2 Å². The molecule has 3 aromatic rings. The lowest BCUT2D eigenvalue weighted by molar-refractivity contribution is -0.113. The minimum Gasteiger partial charge on any atom is -0.342 e. The number of thioether (sulfide) groups is 1. The molecule has 174 valence electrons. The highest BCUT2D eigenvalue weighted by Crippen LogP contribution is 2.27. The Morgan fingerprint density at radius 2 is 1.88 bits per heavy atom. The van der Waals surface area contributed by atoms with Gasteiger partial charge in [0, 0.05) is 22.3 Å². The van der Waals surface area contributed by atoms with E-state index in [2.05, 4.69) is 36.8 Å². The lowest BCUT2D eigenvalue weighted by Gasteiger charge is -2.22. The van der Waals surface area contributed by atoms with Crippen LogP contribution in [0.3, 0.4) is 0 Å². The van der Waals surface area contributed by atoms with Gasteiger partial charge in [0.25, 0.3) is 5.91 Å². The van der Waals surface area contributed by atoms with Gasteiger partial charge in [0.2, 0.25) is 5.91 Å². The van der Waals surface area contributed by atoms with Crippen molar-refractivity contribution in [1.29, 1.82) is 0 Å². The highest BCUT2D eigenvalue weighted by Gasteiger charge is 2.26. The molecule has 0 aliphatic heterocycles. The third-order valence-corrected chi connectivity index (χ3v) is 7.06. The van der Waals surface area contributed by atoms with E-state index in [9.17, 15) is 9.59 Å². The van der Waals surface area contributed by atoms with Crippen LogP contribution in [0.25, 0.3) is 0 Å². The highest BCUT2D eigenvalue weighted by molar-refractivity contribution is 9.10. The number of hydrogen-bond acceptors (Lipinski definition) is 5. The SMILES string of the molecule is CCn1c(SCC(=O)Nc2ccc(Br)c(Cl)c2)nnc1[C@@H](NC(=O)c1ccccc1)C(C)C. The van der Waals surface area contributed by atoms with Gasteiger partial charge in [-0.25, -0.2) is 0 Å². The van der Waals surface area contributed by atoms with Gasteiger partial charge in [0.15, 0.2) is 11.0 Å². The van der Waals surface area contributed by atoms with E-state index in [0.717, 1.165) is 4.47 Å². The smallest absolute Gasteiger partial charge is 0.251 e. The molecule has 1 aromatic heterocycles. The van der Waals surface area contributed by atoms with Gasteiger partial charge < -0.3 is 15.2 Å². The first-order valence-electron chi connectivity index (χ1n) is 10.5. The maximum atomic E-state index is 12.7. The summed E-state index contributed by atoms with van der Waals surface area (Å²) < 4.78 is 2.70. The molecule has 0 fully saturated rings. The number of halogens is 2. The van der Waals surface area contributed by atoms with Gasteiger partial charge in [-0.3, -0.25) is 9.59 Å². The second kappa shape index (κ2) is 11.7. The van der Waals surface area contributed by atoms with Crippen LogP contribution in [0.5, 0.6) is 0 Å². The molecule has 0 saturated carbocycles. The van der Waals surface area contributed by atoms with Crippen molar-refractivity contribution >= 4 is 56.8 Å². The zero-order chi connectivity index (χ0) is 24.0. The molecule has 33 heavy (non-hydrogen) atoms. The molecule has 0 aliphatic carbocycles. The van der Waals surface area contributed by atoms with Crippen LogP contribution in [0.1, 0.15) is 43.0 Å². The van der Waals surface area contributed by atoms with Crippen molar-refractivity contribution in [2.24, 2.45) is 5.92 Å². The van der Waals surface area contributed by atoms with E-state index in [4.69, 9.17) is 11.6 Å². The quantitative estimate of drug-likeness (QED) is 0.340. The van der Waals surface area contributed by atoms with Crippen molar-refractivity contribution in [3.05, 3.63) is 69.4 Å². The van der Waals surface area contributed by atoms with Crippen LogP contribution >= 0.6 is 39.3 Å². The molecular weight excluding hydrogens is 526 g/mol. The third-order valence-electron chi connectivity index (χ3n) is 4.86. The Morgan fingerprint density at radius 3 is 2.52 bits per heavy atom. The summed E-state index contributed by atoms with van der Waals surface area (Å²) in [7, 11) is 0. The summed E-state index contributed by atoms with van der Waals surface area (Å²) in [6.45, 7) is 6.64. The summed E-state index contributed by atoms with van der Waals surface area (Å²) in [5, 5.41) is 15.7. The Bertz CT molecular complexity index is 1120. The normalized spacial score (nSPS) is 11.9. The van der Waals surface area contributed by atoms with Gasteiger partial charge in [-0.1, -0.05) is 55.4 Å². The fourth-order valence-electron chi connectivity index (χ4n) is 3.18. The van der Waals surface area contributed by atoms with E-state index in [1.54, 1.807) is 30.3 Å². The molecule has 0 saturated heterocycles. The molecule has 2 amide bonds. The monoisotopic (exact) mass is 549 g/mol. The lowest BCUT2D eigenvalue weighted by Crippen LogP contribution is -2.33. The van der Waals surface area contributed by atoms with E-state index in [1.165, 1.54) is 11.8 Å². The minimum atomic E-state index is -0.321. The van der Waals surface area contributed by atoms with Crippen molar-refractivity contribution in [3.8, 4) is 0 Å². The predicted octanol–water partition coefficient (Wildman–Crippen LogP) is 5.57. The first kappa shape index (κ1) is 25.3. The zero-order valence-electron chi connectivity index (χ0n) is 18.5. The third kappa shape index (κ3) is 6.59. The summed E-state index contributed by atoms with van der Waals surface area (Å²) in [5.41, 5.74) is 1.21. The van der Waals surface area contributed by atoms with Gasteiger partial charge in [-0.15, -0.1) is 10.2 Å². The molecule has 1 heterocycles. The molecule has 2 N–H and O–H groups in total. The van der Waals surface area contributed by atoms with Crippen LogP contribution < -0.4 is 10.6 Å². The predicted molar refractivity (Wildman–Crippen MR) is 136 cm³/mol. The van der Waals surface area contributed by atoms with Crippen molar-refractivity contribution in [2.45, 2.75) is 38.5 Å². The Balaban J connectivity index is 1.70. The van der Waals surface area contributed by atoms with Gasteiger partial charge in [0.1, 0.15) is 0 Å². The number of anilines is 1. The van der Waals surface area contributed by atoms with Crippen LogP contribution in [0.2, 0.25) is 5.02 Å². The highest BCUT2D eigenvalue weighted by atomic mass is 79.9. The van der Waals surface area contributed by atoms with Crippen molar-refractivity contribution in [2.75, 3.05) is 11.1 Å². The van der Waals surface area contributed by atoms with E-state index in [1.807, 2.05) is 43.5 Å². The number of benzene rings is 2. The molecule has 0 spiro atoms. The summed E-state index contributed by atoms with van der Waals surface area (Å²) in [5.74, 6) is 0.578. The fraction of sp³-hybridized carbons (Fsp3) is 0.304.